The van der Waals surface area contributed by atoms with Gasteiger partial charge in [0.05, 0.1) is 6.42 Å². The summed E-state index contributed by atoms with van der Waals surface area (Å²) in [6, 6.07) is 14.6. The summed E-state index contributed by atoms with van der Waals surface area (Å²) in [6.45, 7) is 3.74. The van der Waals surface area contributed by atoms with Crippen LogP contribution in [0.25, 0.3) is 0 Å². The Kier molecular flexibility index (Phi) is 5.35. The van der Waals surface area contributed by atoms with E-state index in [0.717, 1.165) is 24.3 Å². The zero-order valence-electron chi connectivity index (χ0n) is 12.1. The highest BCUT2D eigenvalue weighted by atomic mass is 16.3. The maximum atomic E-state index is 12.0. The molecule has 0 aliphatic heterocycles. The van der Waals surface area contributed by atoms with E-state index in [1.54, 1.807) is 24.3 Å². The summed E-state index contributed by atoms with van der Waals surface area (Å²) in [5.41, 5.74) is 2.52. The highest BCUT2D eigenvalue weighted by molar-refractivity contribution is 5.92. The molecule has 0 saturated carbocycles. The molecule has 0 spiro atoms. The van der Waals surface area contributed by atoms with Gasteiger partial charge in [-0.2, -0.15) is 0 Å². The van der Waals surface area contributed by atoms with Crippen LogP contribution in [0.15, 0.2) is 48.5 Å². The average Bonchev–Trinajstić information content (AvgIpc) is 2.48. The van der Waals surface area contributed by atoms with Crippen molar-refractivity contribution in [2.45, 2.75) is 19.9 Å². The first kappa shape index (κ1) is 15.1. The second-order valence-corrected chi connectivity index (χ2v) is 4.83. The molecule has 4 heteroatoms. The summed E-state index contributed by atoms with van der Waals surface area (Å²) in [7, 11) is 0. The molecule has 0 radical (unpaired) electrons. The molecule has 0 atom stereocenters. The fourth-order valence-electron chi connectivity index (χ4n) is 2.07. The van der Waals surface area contributed by atoms with Crippen molar-refractivity contribution < 1.29 is 9.90 Å². The van der Waals surface area contributed by atoms with E-state index in [1.165, 1.54) is 0 Å². The third-order valence-corrected chi connectivity index (χ3v) is 3.13. The van der Waals surface area contributed by atoms with Crippen LogP contribution in [-0.4, -0.2) is 17.6 Å². The Morgan fingerprint density at radius 1 is 1.14 bits per heavy atom. The molecule has 3 N–H and O–H groups in total. The first-order valence-corrected chi connectivity index (χ1v) is 7.05. The van der Waals surface area contributed by atoms with Gasteiger partial charge in [-0.05, 0) is 30.3 Å². The lowest BCUT2D eigenvalue weighted by atomic mass is 10.1. The minimum Gasteiger partial charge on any atom is -0.508 e. The number of para-hydroxylation sites is 1. The molecule has 0 aromatic heterocycles. The van der Waals surface area contributed by atoms with Crippen molar-refractivity contribution in [2.24, 2.45) is 0 Å². The number of carbonyl (C=O) groups excluding carboxylic acids is 1. The zero-order valence-corrected chi connectivity index (χ0v) is 12.1. The van der Waals surface area contributed by atoms with Gasteiger partial charge in [-0.3, -0.25) is 4.79 Å². The van der Waals surface area contributed by atoms with E-state index >= 15 is 0 Å². The SMILES string of the molecule is CCNCc1cccc(NC(=O)Cc2ccccc2O)c1. The molecule has 0 saturated heterocycles. The van der Waals surface area contributed by atoms with Crippen molar-refractivity contribution in [1.29, 1.82) is 0 Å². The van der Waals surface area contributed by atoms with Crippen LogP contribution in [0.2, 0.25) is 0 Å². The normalized spacial score (nSPS) is 10.3. The first-order chi connectivity index (χ1) is 10.2. The van der Waals surface area contributed by atoms with Crippen LogP contribution in [0.3, 0.4) is 0 Å². The Bertz CT molecular complexity index is 611. The highest BCUT2D eigenvalue weighted by Gasteiger charge is 2.07. The molecule has 0 aliphatic rings. The molecule has 2 rings (SSSR count). The third-order valence-electron chi connectivity index (χ3n) is 3.13. The molecule has 2 aromatic carbocycles. The number of rotatable bonds is 6. The number of amides is 1. The monoisotopic (exact) mass is 284 g/mol. The van der Waals surface area contributed by atoms with Gasteiger partial charge in [-0.15, -0.1) is 0 Å². The second-order valence-electron chi connectivity index (χ2n) is 4.83. The van der Waals surface area contributed by atoms with Gasteiger partial charge in [-0.1, -0.05) is 37.3 Å². The molecule has 1 amide bonds. The maximum absolute atomic E-state index is 12.0. The van der Waals surface area contributed by atoms with Gasteiger partial charge in [0.15, 0.2) is 0 Å². The number of carbonyl (C=O) groups is 1. The van der Waals surface area contributed by atoms with Gasteiger partial charge in [-0.25, -0.2) is 0 Å². The fourth-order valence-corrected chi connectivity index (χ4v) is 2.07. The maximum Gasteiger partial charge on any atom is 0.228 e. The summed E-state index contributed by atoms with van der Waals surface area (Å²) in [5.74, 6) is 0.00523. The third kappa shape index (κ3) is 4.61. The predicted molar refractivity (Wildman–Crippen MR) is 84.3 cm³/mol. The largest absolute Gasteiger partial charge is 0.508 e. The smallest absolute Gasteiger partial charge is 0.228 e. The number of nitrogens with one attached hydrogen (secondary N) is 2. The van der Waals surface area contributed by atoms with E-state index in [-0.39, 0.29) is 18.1 Å². The predicted octanol–water partition coefficient (Wildman–Crippen LogP) is 2.68. The number of anilines is 1. The molecule has 110 valence electrons. The van der Waals surface area contributed by atoms with E-state index in [0.29, 0.717) is 5.56 Å². The molecule has 0 unspecified atom stereocenters. The topological polar surface area (TPSA) is 61.4 Å². The van der Waals surface area contributed by atoms with Gasteiger partial charge < -0.3 is 15.7 Å². The first-order valence-electron chi connectivity index (χ1n) is 7.05. The average molecular weight is 284 g/mol. The Morgan fingerprint density at radius 3 is 2.71 bits per heavy atom. The molecule has 0 aliphatic carbocycles. The number of aromatic hydroxyl groups is 1. The van der Waals surface area contributed by atoms with Gasteiger partial charge in [0, 0.05) is 17.8 Å². The lowest BCUT2D eigenvalue weighted by Gasteiger charge is -2.08. The van der Waals surface area contributed by atoms with Crippen molar-refractivity contribution in [2.75, 3.05) is 11.9 Å². The molecule has 0 fully saturated rings. The minimum atomic E-state index is -0.142. The van der Waals surface area contributed by atoms with Crippen LogP contribution in [0.4, 0.5) is 5.69 Å². The van der Waals surface area contributed by atoms with Gasteiger partial charge in [0.25, 0.3) is 0 Å². The van der Waals surface area contributed by atoms with E-state index in [9.17, 15) is 9.90 Å². The van der Waals surface area contributed by atoms with Gasteiger partial charge >= 0.3 is 0 Å². The summed E-state index contributed by atoms with van der Waals surface area (Å²) in [4.78, 5) is 12.0. The fraction of sp³-hybridized carbons (Fsp3) is 0.235. The van der Waals surface area contributed by atoms with Crippen LogP contribution in [0, 0.1) is 0 Å². The van der Waals surface area contributed by atoms with E-state index in [1.807, 2.05) is 24.3 Å². The molecule has 0 heterocycles. The number of benzene rings is 2. The van der Waals surface area contributed by atoms with Crippen LogP contribution >= 0.6 is 0 Å². The zero-order chi connectivity index (χ0) is 15.1. The van der Waals surface area contributed by atoms with Crippen molar-refractivity contribution >= 4 is 11.6 Å². The van der Waals surface area contributed by atoms with Crippen LogP contribution in [0.5, 0.6) is 5.75 Å². The molecule has 21 heavy (non-hydrogen) atoms. The Labute approximate surface area is 124 Å². The number of hydrogen-bond donors (Lipinski definition) is 3. The summed E-state index contributed by atoms with van der Waals surface area (Å²) >= 11 is 0. The van der Waals surface area contributed by atoms with Gasteiger partial charge in [0.1, 0.15) is 5.75 Å². The Morgan fingerprint density at radius 2 is 1.95 bits per heavy atom. The molecular formula is C17H20N2O2. The number of hydrogen-bond acceptors (Lipinski definition) is 3. The number of phenols is 1. The number of phenolic OH excluding ortho intramolecular Hbond substituents is 1. The summed E-state index contributed by atoms with van der Waals surface area (Å²) < 4.78 is 0. The molecule has 2 aromatic rings. The van der Waals surface area contributed by atoms with Crippen LogP contribution in [-0.2, 0) is 17.8 Å². The minimum absolute atomic E-state index is 0.142. The van der Waals surface area contributed by atoms with E-state index in [2.05, 4.69) is 17.6 Å². The molecule has 0 bridgehead atoms. The highest BCUT2D eigenvalue weighted by Crippen LogP contribution is 2.17. The van der Waals surface area contributed by atoms with Crippen LogP contribution in [0.1, 0.15) is 18.1 Å². The van der Waals surface area contributed by atoms with Crippen molar-refractivity contribution in [3.63, 3.8) is 0 Å². The lowest BCUT2D eigenvalue weighted by molar-refractivity contribution is -0.115. The molecule has 4 nitrogen and oxygen atoms in total. The lowest BCUT2D eigenvalue weighted by Crippen LogP contribution is -2.15. The van der Waals surface area contributed by atoms with E-state index in [4.69, 9.17) is 0 Å². The van der Waals surface area contributed by atoms with E-state index < -0.39 is 0 Å². The van der Waals surface area contributed by atoms with Crippen molar-refractivity contribution in [3.8, 4) is 5.75 Å². The van der Waals surface area contributed by atoms with Crippen molar-refractivity contribution in [1.82, 2.24) is 5.32 Å². The standard InChI is InChI=1S/C17H20N2O2/c1-2-18-12-13-6-5-8-15(10-13)19-17(21)11-14-7-3-4-9-16(14)20/h3-10,18,20H,2,11-12H2,1H3,(H,19,21). The summed E-state index contributed by atoms with van der Waals surface area (Å²) in [6.07, 6.45) is 0.157. The summed E-state index contributed by atoms with van der Waals surface area (Å²) in [5, 5.41) is 15.8. The van der Waals surface area contributed by atoms with Crippen molar-refractivity contribution in [3.05, 3.63) is 59.7 Å². The Hall–Kier alpha value is -2.33. The van der Waals surface area contributed by atoms with Crippen LogP contribution < -0.4 is 10.6 Å². The second kappa shape index (κ2) is 7.45. The van der Waals surface area contributed by atoms with Gasteiger partial charge in [0.2, 0.25) is 5.91 Å². The molecular weight excluding hydrogens is 264 g/mol. The quantitative estimate of drug-likeness (QED) is 0.764. The Balaban J connectivity index is 1.98.